The molecule has 14 heteroatoms. The molecule has 3 rings (SSSR count). The van der Waals surface area contributed by atoms with Gasteiger partial charge in [-0.15, -0.1) is 0 Å². The maximum atomic E-state index is 13.8. The van der Waals surface area contributed by atoms with Crippen molar-refractivity contribution in [3.8, 4) is 12.3 Å². The quantitative estimate of drug-likeness (QED) is 0.218. The first-order chi connectivity index (χ1) is 14.1. The molecule has 10 nitrogen and oxygen atoms in total. The number of aromatic nitrogens is 1. The van der Waals surface area contributed by atoms with Gasteiger partial charge in [-0.25, -0.2) is 9.98 Å². The summed E-state index contributed by atoms with van der Waals surface area (Å²) in [5.74, 6) is -0.556. The van der Waals surface area contributed by atoms with Crippen molar-refractivity contribution in [3.63, 3.8) is 0 Å². The summed E-state index contributed by atoms with van der Waals surface area (Å²) in [6.07, 6.45) is -3.30. The van der Waals surface area contributed by atoms with E-state index in [-0.39, 0.29) is 39.9 Å². The van der Waals surface area contributed by atoms with E-state index in [2.05, 4.69) is 20.6 Å². The second-order valence-electron chi connectivity index (χ2n) is 6.12. The minimum absolute atomic E-state index is 0.0490. The average molecular weight is 416 g/mol. The fourth-order valence-electron chi connectivity index (χ4n) is 3.02. The van der Waals surface area contributed by atoms with E-state index in [1.54, 1.807) is 12.3 Å². The third kappa shape index (κ3) is 3.52. The highest BCUT2D eigenvalue weighted by molar-refractivity contribution is 6.58. The highest BCUT2D eigenvalue weighted by Gasteiger charge is 2.39. The second kappa shape index (κ2) is 7.44. The van der Waals surface area contributed by atoms with Crippen LogP contribution < -0.4 is 27.6 Å². The Bertz CT molecular complexity index is 1140. The van der Waals surface area contributed by atoms with Crippen molar-refractivity contribution >= 4 is 35.9 Å². The van der Waals surface area contributed by atoms with Crippen LogP contribution in [0.1, 0.15) is 28.3 Å². The first-order valence-corrected chi connectivity index (χ1v) is 8.14. The highest BCUT2D eigenvalue weighted by atomic mass is 19.4. The first kappa shape index (κ1) is 20.7. The molecule has 1 aromatic heterocycles. The van der Waals surface area contributed by atoms with Crippen molar-refractivity contribution in [2.75, 3.05) is 16.8 Å². The summed E-state index contributed by atoms with van der Waals surface area (Å²) in [4.78, 5) is 8.04. The summed E-state index contributed by atoms with van der Waals surface area (Å²) in [5, 5.41) is 41.4. The summed E-state index contributed by atoms with van der Waals surface area (Å²) in [7, 11) is -2.13. The third-order valence-electron chi connectivity index (χ3n) is 4.33. The number of guanidine groups is 1. The molecular formula is C16H12BF3N8O2. The lowest BCUT2D eigenvalue weighted by molar-refractivity contribution is -0.138. The number of alkyl halides is 3. The van der Waals surface area contributed by atoms with E-state index in [0.717, 1.165) is 12.1 Å². The number of nitrogens with one attached hydrogen (secondary N) is 2. The summed E-state index contributed by atoms with van der Waals surface area (Å²) in [5.41, 5.74) is 9.19. The van der Waals surface area contributed by atoms with Crippen LogP contribution >= 0.6 is 0 Å². The smallest absolute Gasteiger partial charge is 0.423 e. The Morgan fingerprint density at radius 1 is 1.23 bits per heavy atom. The summed E-state index contributed by atoms with van der Waals surface area (Å²) in [6, 6.07) is 2.97. The Morgan fingerprint density at radius 3 is 2.50 bits per heavy atom. The number of aliphatic imine (C=N–C) groups is 1. The minimum atomic E-state index is -4.89. The number of nitrogens with zero attached hydrogens (tertiary/aromatic N) is 4. The van der Waals surface area contributed by atoms with Gasteiger partial charge in [-0.05, 0) is 17.1 Å². The Kier molecular flexibility index (Phi) is 5.14. The van der Waals surface area contributed by atoms with Gasteiger partial charge in [0, 0.05) is 5.56 Å². The number of halogens is 3. The zero-order valence-electron chi connectivity index (χ0n) is 14.9. The lowest BCUT2D eigenvalue weighted by atomic mass is 9.77. The number of anilines is 3. The summed E-state index contributed by atoms with van der Waals surface area (Å²) >= 11 is 0. The van der Waals surface area contributed by atoms with Gasteiger partial charge in [-0.3, -0.25) is 5.32 Å². The molecule has 1 atom stereocenters. The van der Waals surface area contributed by atoms with Crippen LogP contribution in [0, 0.1) is 22.8 Å². The van der Waals surface area contributed by atoms with Crippen molar-refractivity contribution in [1.29, 1.82) is 10.5 Å². The Balaban J connectivity index is 2.33. The van der Waals surface area contributed by atoms with Crippen molar-refractivity contribution in [3.05, 3.63) is 40.5 Å². The van der Waals surface area contributed by atoms with Gasteiger partial charge >= 0.3 is 13.3 Å². The van der Waals surface area contributed by atoms with Crippen LogP contribution in [0.5, 0.6) is 0 Å². The Hall–Kier alpha value is -4.01. The molecule has 0 bridgehead atoms. The van der Waals surface area contributed by atoms with Crippen molar-refractivity contribution in [2.24, 2.45) is 4.99 Å². The van der Waals surface area contributed by atoms with Gasteiger partial charge in [0.25, 0.3) is 0 Å². The van der Waals surface area contributed by atoms with Gasteiger partial charge in [0.15, 0.2) is 6.19 Å². The predicted octanol–water partition coefficient (Wildman–Crippen LogP) is -0.242. The number of pyridine rings is 1. The predicted molar refractivity (Wildman–Crippen MR) is 101 cm³/mol. The molecule has 0 saturated carbocycles. The number of nitrogens with two attached hydrogens (primary N) is 2. The molecule has 8 N–H and O–H groups in total. The molecule has 2 heterocycles. The maximum absolute atomic E-state index is 13.8. The average Bonchev–Trinajstić information content (AvgIpc) is 2.66. The molecule has 0 spiro atoms. The second-order valence-corrected chi connectivity index (χ2v) is 6.12. The number of hydrogen-bond acceptors (Lipinski definition) is 10. The SMILES string of the molecule is N#CNC1=NC(c2ccc(B(O)O)cc2C(F)(F)F)c2c(nc(N)c(C#N)c2N)N1. The number of rotatable bonds is 2. The van der Waals surface area contributed by atoms with E-state index in [1.165, 1.54) is 0 Å². The van der Waals surface area contributed by atoms with Crippen LogP contribution in [0.25, 0.3) is 0 Å². The van der Waals surface area contributed by atoms with Crippen LogP contribution in [0.2, 0.25) is 0 Å². The molecule has 1 aliphatic heterocycles. The number of benzene rings is 1. The molecular weight excluding hydrogens is 404 g/mol. The van der Waals surface area contributed by atoms with Crippen LogP contribution in [-0.4, -0.2) is 28.1 Å². The van der Waals surface area contributed by atoms with Gasteiger partial charge in [-0.2, -0.15) is 23.7 Å². The standard InChI is InChI=1S/C16H12BF3N8O2/c18-16(19,20)9-3-6(17(29)30)1-2-7(9)12-10-11(23)8(4-21)13(24)27-14(10)28-15(26-12)25-5-22/h1-3,12,29-30H,(H6,23,24,25,26,27,28). The van der Waals surface area contributed by atoms with E-state index < -0.39 is 30.5 Å². The van der Waals surface area contributed by atoms with E-state index in [9.17, 15) is 28.5 Å². The lowest BCUT2D eigenvalue weighted by Gasteiger charge is -2.28. The van der Waals surface area contributed by atoms with Crippen LogP contribution in [0.4, 0.5) is 30.5 Å². The van der Waals surface area contributed by atoms with Crippen molar-refractivity contribution in [1.82, 2.24) is 10.3 Å². The number of fused-ring (bicyclic) bond motifs is 1. The van der Waals surface area contributed by atoms with E-state index >= 15 is 0 Å². The molecule has 30 heavy (non-hydrogen) atoms. The molecule has 0 amide bonds. The molecule has 0 saturated heterocycles. The largest absolute Gasteiger partial charge is 0.488 e. The monoisotopic (exact) mass is 416 g/mol. The highest BCUT2D eigenvalue weighted by Crippen LogP contribution is 2.44. The molecule has 0 radical (unpaired) electrons. The van der Waals surface area contributed by atoms with Gasteiger partial charge in [-0.1, -0.05) is 12.1 Å². The Labute approximate surface area is 167 Å². The zero-order chi connectivity index (χ0) is 22.2. The summed E-state index contributed by atoms with van der Waals surface area (Å²) < 4.78 is 41.3. The van der Waals surface area contributed by atoms with Gasteiger partial charge in [0.1, 0.15) is 29.3 Å². The fraction of sp³-hybridized carbons (Fsp3) is 0.125. The molecule has 1 unspecified atom stereocenters. The lowest BCUT2D eigenvalue weighted by Crippen LogP contribution is -2.34. The van der Waals surface area contributed by atoms with E-state index in [4.69, 9.17) is 16.7 Å². The van der Waals surface area contributed by atoms with E-state index in [1.807, 2.05) is 0 Å². The molecule has 0 fully saturated rings. The van der Waals surface area contributed by atoms with Gasteiger partial charge in [0.05, 0.1) is 11.3 Å². The van der Waals surface area contributed by atoms with Gasteiger partial charge < -0.3 is 26.8 Å². The zero-order valence-corrected chi connectivity index (χ0v) is 14.9. The fourth-order valence-corrected chi connectivity index (χ4v) is 3.02. The summed E-state index contributed by atoms with van der Waals surface area (Å²) in [6.45, 7) is 0. The van der Waals surface area contributed by atoms with Crippen LogP contribution in [0.3, 0.4) is 0 Å². The topological polar surface area (TPSA) is 189 Å². The van der Waals surface area contributed by atoms with Crippen molar-refractivity contribution in [2.45, 2.75) is 12.2 Å². The Morgan fingerprint density at radius 2 is 1.93 bits per heavy atom. The van der Waals surface area contributed by atoms with Crippen LogP contribution in [-0.2, 0) is 6.18 Å². The third-order valence-corrected chi connectivity index (χ3v) is 4.33. The minimum Gasteiger partial charge on any atom is -0.423 e. The maximum Gasteiger partial charge on any atom is 0.488 e. The molecule has 1 aliphatic rings. The van der Waals surface area contributed by atoms with Crippen LogP contribution in [0.15, 0.2) is 23.2 Å². The number of hydrogen-bond donors (Lipinski definition) is 6. The molecule has 0 aliphatic carbocycles. The van der Waals surface area contributed by atoms with E-state index in [0.29, 0.717) is 6.07 Å². The molecule has 1 aromatic carbocycles. The molecule has 2 aromatic rings. The van der Waals surface area contributed by atoms with Crippen molar-refractivity contribution < 1.29 is 23.2 Å². The first-order valence-electron chi connectivity index (χ1n) is 8.14. The molecule has 152 valence electrons. The van der Waals surface area contributed by atoms with Gasteiger partial charge in [0.2, 0.25) is 5.96 Å². The normalized spacial score (nSPS) is 15.2. The number of nitriles is 2. The number of nitrogen functional groups attached to an aromatic ring is 2.